The zero-order valence-corrected chi connectivity index (χ0v) is 19.8. The maximum atomic E-state index is 14.8. The first-order valence-corrected chi connectivity index (χ1v) is 12.9. The number of carboxylic acids is 1. The van der Waals surface area contributed by atoms with Crippen LogP contribution in [0.5, 0.6) is 0 Å². The van der Waals surface area contributed by atoms with E-state index in [4.69, 9.17) is 9.72 Å². The molecule has 34 heavy (non-hydrogen) atoms. The summed E-state index contributed by atoms with van der Waals surface area (Å²) >= 11 is 0. The summed E-state index contributed by atoms with van der Waals surface area (Å²) in [7, 11) is 0. The number of carboxylic acid groups (broad SMARTS) is 1. The third-order valence-corrected chi connectivity index (χ3v) is 7.53. The van der Waals surface area contributed by atoms with Gasteiger partial charge in [-0.1, -0.05) is 30.3 Å². The minimum absolute atomic E-state index is 0.0969. The number of nitrogens with zero attached hydrogens (tertiary/aromatic N) is 2. The van der Waals surface area contributed by atoms with Crippen molar-refractivity contribution in [3.8, 4) is 0 Å². The third kappa shape index (κ3) is 5.33. The number of unbranched alkanes of at least 4 members (excludes halogenated alkanes) is 1. The van der Waals surface area contributed by atoms with E-state index in [2.05, 4.69) is 12.1 Å². The van der Waals surface area contributed by atoms with E-state index in [0.29, 0.717) is 19.1 Å². The lowest BCUT2D eigenvalue weighted by molar-refractivity contribution is -0.143. The normalized spacial score (nSPS) is 23.6. The van der Waals surface area contributed by atoms with Crippen molar-refractivity contribution in [3.05, 3.63) is 64.5 Å². The number of ether oxygens (including phenoxy) is 1. The first-order valence-electron chi connectivity index (χ1n) is 12.9. The lowest BCUT2D eigenvalue weighted by Crippen LogP contribution is -2.34. The molecule has 1 saturated heterocycles. The molecule has 2 fully saturated rings. The zero-order chi connectivity index (χ0) is 23.5. The number of likely N-dealkylation sites (tertiary alicyclic amines) is 1. The van der Waals surface area contributed by atoms with Crippen molar-refractivity contribution in [1.29, 1.82) is 0 Å². The molecule has 182 valence electrons. The predicted molar refractivity (Wildman–Crippen MR) is 129 cm³/mol. The number of benzene rings is 1. The second kappa shape index (κ2) is 10.5. The Morgan fingerprint density at radius 2 is 1.94 bits per heavy atom. The first kappa shape index (κ1) is 23.4. The van der Waals surface area contributed by atoms with Crippen LogP contribution in [0.3, 0.4) is 0 Å². The molecule has 6 heteroatoms. The molecule has 0 radical (unpaired) electrons. The van der Waals surface area contributed by atoms with E-state index in [0.717, 1.165) is 61.8 Å². The number of alkyl halides is 1. The van der Waals surface area contributed by atoms with Crippen LogP contribution in [-0.2, 0) is 28.8 Å². The largest absolute Gasteiger partial charge is 0.480 e. The van der Waals surface area contributed by atoms with Crippen LogP contribution in [-0.4, -0.2) is 52.9 Å². The van der Waals surface area contributed by atoms with E-state index in [1.165, 1.54) is 24.1 Å². The number of hydrogen-bond acceptors (Lipinski definition) is 4. The van der Waals surface area contributed by atoms with Gasteiger partial charge in [-0.3, -0.25) is 14.7 Å². The average molecular weight is 467 g/mol. The minimum atomic E-state index is -1.17. The number of carbonyl (C=O) groups is 1. The van der Waals surface area contributed by atoms with Crippen LogP contribution < -0.4 is 0 Å². The molecule has 1 aliphatic heterocycles. The van der Waals surface area contributed by atoms with Gasteiger partial charge < -0.3 is 9.84 Å². The third-order valence-electron chi connectivity index (χ3n) is 7.53. The zero-order valence-electron chi connectivity index (χ0n) is 19.8. The lowest BCUT2D eigenvalue weighted by Gasteiger charge is -2.26. The van der Waals surface area contributed by atoms with E-state index < -0.39 is 24.3 Å². The van der Waals surface area contributed by atoms with E-state index in [9.17, 15) is 14.3 Å². The number of aromatic nitrogens is 1. The molecular weight excluding hydrogens is 431 g/mol. The quantitative estimate of drug-likeness (QED) is 0.498. The van der Waals surface area contributed by atoms with Crippen molar-refractivity contribution in [1.82, 2.24) is 9.88 Å². The molecule has 0 amide bonds. The van der Waals surface area contributed by atoms with Gasteiger partial charge in [0.15, 0.2) is 0 Å². The van der Waals surface area contributed by atoms with Gasteiger partial charge in [0.1, 0.15) is 18.3 Å². The second-order valence-electron chi connectivity index (χ2n) is 10.1. The molecule has 2 heterocycles. The number of halogens is 1. The van der Waals surface area contributed by atoms with Crippen LogP contribution in [0, 0.1) is 0 Å². The highest BCUT2D eigenvalue weighted by Gasteiger charge is 2.42. The number of fused-ring (bicyclic) bond motifs is 1. The summed E-state index contributed by atoms with van der Waals surface area (Å²) in [4.78, 5) is 18.8. The summed E-state index contributed by atoms with van der Waals surface area (Å²) in [5, 5.41) is 10.0. The van der Waals surface area contributed by atoms with Crippen LogP contribution in [0.2, 0.25) is 0 Å². The number of aliphatic carboxylic acids is 1. The highest BCUT2D eigenvalue weighted by Crippen LogP contribution is 2.44. The van der Waals surface area contributed by atoms with E-state index >= 15 is 0 Å². The van der Waals surface area contributed by atoms with E-state index in [1.54, 1.807) is 4.90 Å². The van der Waals surface area contributed by atoms with Crippen molar-refractivity contribution in [2.75, 3.05) is 19.7 Å². The highest BCUT2D eigenvalue weighted by molar-refractivity contribution is 5.76. The van der Waals surface area contributed by atoms with Gasteiger partial charge in [0.25, 0.3) is 0 Å². The SMILES string of the molecule is O=C(O)C(c1ccccc1C1CC1)N1C[C@@H](F)[C@@H](OCCCCc2ccc3c(n2)CCCC3)C1. The topological polar surface area (TPSA) is 62.7 Å². The molecule has 2 aliphatic carbocycles. The Morgan fingerprint density at radius 1 is 1.12 bits per heavy atom. The smallest absolute Gasteiger partial charge is 0.325 e. The Kier molecular flexibility index (Phi) is 7.26. The van der Waals surface area contributed by atoms with Crippen molar-refractivity contribution < 1.29 is 19.0 Å². The van der Waals surface area contributed by atoms with Crippen LogP contribution in [0.4, 0.5) is 4.39 Å². The monoisotopic (exact) mass is 466 g/mol. The first-order chi connectivity index (χ1) is 16.6. The Balaban J connectivity index is 1.12. The van der Waals surface area contributed by atoms with Gasteiger partial charge in [0.2, 0.25) is 0 Å². The van der Waals surface area contributed by atoms with Gasteiger partial charge in [-0.2, -0.15) is 0 Å². The summed E-state index contributed by atoms with van der Waals surface area (Å²) in [5.41, 5.74) is 5.71. The maximum absolute atomic E-state index is 14.8. The number of pyridine rings is 1. The van der Waals surface area contributed by atoms with Gasteiger partial charge in [-0.05, 0) is 86.5 Å². The second-order valence-corrected chi connectivity index (χ2v) is 10.1. The predicted octanol–water partition coefficient (Wildman–Crippen LogP) is 5.03. The fourth-order valence-corrected chi connectivity index (χ4v) is 5.55. The van der Waals surface area contributed by atoms with Crippen molar-refractivity contribution in [2.45, 2.75) is 82.0 Å². The molecular formula is C28H35FN2O3. The molecule has 3 atom stereocenters. The Bertz CT molecular complexity index is 1010. The number of rotatable bonds is 10. The summed E-state index contributed by atoms with van der Waals surface area (Å²) in [6, 6.07) is 11.3. The van der Waals surface area contributed by atoms with Crippen molar-refractivity contribution >= 4 is 5.97 Å². The fraction of sp³-hybridized carbons (Fsp3) is 0.571. The summed E-state index contributed by atoms with van der Waals surface area (Å²) in [6.45, 7) is 0.892. The molecule has 1 aromatic carbocycles. The maximum Gasteiger partial charge on any atom is 0.325 e. The Labute approximate surface area is 201 Å². The van der Waals surface area contributed by atoms with Crippen molar-refractivity contribution in [3.63, 3.8) is 0 Å². The summed E-state index contributed by atoms with van der Waals surface area (Å²) in [6.07, 6.45) is 7.89. The standard InChI is InChI=1S/C28H35FN2O3/c29-24-17-31(27(28(32)33)23-10-3-2-9-22(23)19-12-13-19)18-26(24)34-16-6-5-8-21-15-14-20-7-1-4-11-25(20)30-21/h2-3,9-10,14-15,19,24,26-27H,1,4-8,11-13,16-18H2,(H,32,33)/t24-,26+,27?/m1/s1. The fourth-order valence-electron chi connectivity index (χ4n) is 5.55. The van der Waals surface area contributed by atoms with Gasteiger partial charge >= 0.3 is 5.97 Å². The number of aryl methyl sites for hydroxylation is 3. The van der Waals surface area contributed by atoms with Crippen LogP contribution in [0.25, 0.3) is 0 Å². The van der Waals surface area contributed by atoms with E-state index in [1.807, 2.05) is 24.3 Å². The van der Waals surface area contributed by atoms with E-state index in [-0.39, 0.29) is 6.54 Å². The molecule has 0 spiro atoms. The molecule has 5 rings (SSSR count). The average Bonchev–Trinajstić information content (AvgIpc) is 3.62. The molecule has 3 aliphatic rings. The van der Waals surface area contributed by atoms with Crippen LogP contribution >= 0.6 is 0 Å². The van der Waals surface area contributed by atoms with Crippen LogP contribution in [0.15, 0.2) is 36.4 Å². The lowest BCUT2D eigenvalue weighted by atomic mass is 9.95. The highest BCUT2D eigenvalue weighted by atomic mass is 19.1. The van der Waals surface area contributed by atoms with Gasteiger partial charge in [0.05, 0.1) is 0 Å². The molecule has 1 N–H and O–H groups in total. The molecule has 1 saturated carbocycles. The molecule has 1 unspecified atom stereocenters. The molecule has 0 bridgehead atoms. The van der Waals surface area contributed by atoms with Gasteiger partial charge in [-0.15, -0.1) is 0 Å². The van der Waals surface area contributed by atoms with Crippen molar-refractivity contribution in [2.24, 2.45) is 0 Å². The molecule has 1 aromatic heterocycles. The summed E-state index contributed by atoms with van der Waals surface area (Å²) < 4.78 is 20.7. The summed E-state index contributed by atoms with van der Waals surface area (Å²) in [5.74, 6) is -0.475. The Hall–Kier alpha value is -2.31. The van der Waals surface area contributed by atoms with Gasteiger partial charge in [-0.25, -0.2) is 4.39 Å². The minimum Gasteiger partial charge on any atom is -0.480 e. The number of hydrogen-bond donors (Lipinski definition) is 1. The molecule has 2 aromatic rings. The van der Waals surface area contributed by atoms with Crippen LogP contribution in [0.1, 0.15) is 78.6 Å². The van der Waals surface area contributed by atoms with Gasteiger partial charge in [0, 0.05) is 31.1 Å². The molecule has 5 nitrogen and oxygen atoms in total. The Morgan fingerprint density at radius 3 is 2.76 bits per heavy atom.